The zero-order valence-corrected chi connectivity index (χ0v) is 18.6. The van der Waals surface area contributed by atoms with Crippen LogP contribution in [0.3, 0.4) is 0 Å². The molecule has 1 atom stereocenters. The van der Waals surface area contributed by atoms with Crippen LogP contribution in [0.5, 0.6) is 0 Å². The number of para-hydroxylation sites is 1. The second-order valence-corrected chi connectivity index (χ2v) is 8.38. The summed E-state index contributed by atoms with van der Waals surface area (Å²) in [7, 11) is 4.03. The molecule has 29 heavy (non-hydrogen) atoms. The Bertz CT molecular complexity index is 839. The van der Waals surface area contributed by atoms with Gasteiger partial charge in [0.05, 0.1) is 11.6 Å². The number of fused-ring (bicyclic) bond motifs is 1. The molecule has 158 valence electrons. The maximum Gasteiger partial charge on any atom is 0.226 e. The molecule has 1 aliphatic heterocycles. The van der Waals surface area contributed by atoms with Crippen molar-refractivity contribution in [3.8, 4) is 0 Å². The van der Waals surface area contributed by atoms with Gasteiger partial charge >= 0.3 is 0 Å². The van der Waals surface area contributed by atoms with E-state index in [-0.39, 0.29) is 17.9 Å². The summed E-state index contributed by atoms with van der Waals surface area (Å²) >= 11 is 0. The standard InChI is InChI=1S/C24H35N3O2/c1-6-18(7-2)24(28)27(16-21-12-9-13-29-21)15-20-14-19-11-8-10-17(3)22(19)25-23(20)26(4)5/h8,10-11,14,18,21H,6-7,9,12-13,15-16H2,1-5H3/t21-/m0/s1. The highest BCUT2D eigenvalue weighted by molar-refractivity contribution is 5.85. The number of aryl methyl sites for hydroxylation is 1. The summed E-state index contributed by atoms with van der Waals surface area (Å²) < 4.78 is 5.86. The average Bonchev–Trinajstić information content (AvgIpc) is 3.21. The SMILES string of the molecule is CCC(CC)C(=O)N(Cc1cc2cccc(C)c2nc1N(C)C)C[C@@H]1CCCO1. The van der Waals surface area contributed by atoms with E-state index in [1.807, 2.05) is 23.9 Å². The average molecular weight is 398 g/mol. The number of rotatable bonds is 8. The lowest BCUT2D eigenvalue weighted by Crippen LogP contribution is -2.40. The van der Waals surface area contributed by atoms with E-state index < -0.39 is 0 Å². The minimum Gasteiger partial charge on any atom is -0.376 e. The van der Waals surface area contributed by atoms with Gasteiger partial charge in [-0.25, -0.2) is 4.98 Å². The van der Waals surface area contributed by atoms with Gasteiger partial charge in [0.15, 0.2) is 0 Å². The predicted octanol–water partition coefficient (Wildman–Crippen LogP) is 4.55. The molecule has 0 radical (unpaired) electrons. The number of hydrogen-bond donors (Lipinski definition) is 0. The fourth-order valence-corrected chi connectivity index (χ4v) is 4.25. The van der Waals surface area contributed by atoms with E-state index >= 15 is 0 Å². The predicted molar refractivity (Wildman–Crippen MR) is 119 cm³/mol. The van der Waals surface area contributed by atoms with Gasteiger partial charge in [0.25, 0.3) is 0 Å². The molecule has 2 heterocycles. The van der Waals surface area contributed by atoms with Crippen LogP contribution in [0.1, 0.15) is 50.7 Å². The van der Waals surface area contributed by atoms with Gasteiger partial charge in [-0.1, -0.05) is 32.0 Å². The zero-order chi connectivity index (χ0) is 21.0. The molecule has 1 saturated heterocycles. The van der Waals surface area contributed by atoms with E-state index in [0.29, 0.717) is 13.1 Å². The second kappa shape index (κ2) is 9.57. The number of anilines is 1. The molecule has 0 unspecified atom stereocenters. The highest BCUT2D eigenvalue weighted by Crippen LogP contribution is 2.27. The fraction of sp³-hybridized carbons (Fsp3) is 0.583. The van der Waals surface area contributed by atoms with Crippen molar-refractivity contribution in [1.29, 1.82) is 0 Å². The third-order valence-electron chi connectivity index (χ3n) is 5.98. The molecule has 0 saturated carbocycles. The number of pyridine rings is 1. The van der Waals surface area contributed by atoms with Gasteiger partial charge in [0, 0.05) is 50.7 Å². The van der Waals surface area contributed by atoms with Crippen LogP contribution in [-0.4, -0.2) is 49.1 Å². The Kier molecular flexibility index (Phi) is 7.12. The summed E-state index contributed by atoms with van der Waals surface area (Å²) in [5.41, 5.74) is 3.28. The van der Waals surface area contributed by atoms with Crippen molar-refractivity contribution in [2.24, 2.45) is 5.92 Å². The summed E-state index contributed by atoms with van der Waals surface area (Å²) in [5.74, 6) is 1.23. The van der Waals surface area contributed by atoms with Crippen LogP contribution in [0, 0.1) is 12.8 Å². The van der Waals surface area contributed by atoms with Crippen LogP contribution < -0.4 is 4.90 Å². The molecule has 1 fully saturated rings. The van der Waals surface area contributed by atoms with Crippen molar-refractivity contribution in [3.05, 3.63) is 35.4 Å². The van der Waals surface area contributed by atoms with E-state index in [0.717, 1.165) is 54.6 Å². The quantitative estimate of drug-likeness (QED) is 0.655. The van der Waals surface area contributed by atoms with Crippen LogP contribution in [0.15, 0.2) is 24.3 Å². The first-order valence-electron chi connectivity index (χ1n) is 10.9. The third-order valence-corrected chi connectivity index (χ3v) is 5.98. The molecule has 0 spiro atoms. The third kappa shape index (κ3) is 4.89. The number of ether oxygens (including phenoxy) is 1. The highest BCUT2D eigenvalue weighted by Gasteiger charge is 2.27. The Hall–Kier alpha value is -2.14. The number of benzene rings is 1. The van der Waals surface area contributed by atoms with Crippen molar-refractivity contribution in [2.75, 3.05) is 32.1 Å². The van der Waals surface area contributed by atoms with E-state index in [2.05, 4.69) is 45.0 Å². The number of aromatic nitrogens is 1. The van der Waals surface area contributed by atoms with Crippen LogP contribution in [0.4, 0.5) is 5.82 Å². The van der Waals surface area contributed by atoms with E-state index in [1.165, 1.54) is 5.56 Å². The molecule has 1 aliphatic rings. The smallest absolute Gasteiger partial charge is 0.226 e. The monoisotopic (exact) mass is 397 g/mol. The van der Waals surface area contributed by atoms with Crippen molar-refractivity contribution in [2.45, 2.75) is 59.1 Å². The van der Waals surface area contributed by atoms with E-state index in [9.17, 15) is 4.79 Å². The maximum absolute atomic E-state index is 13.3. The first kappa shape index (κ1) is 21.6. The Morgan fingerprint density at radius 3 is 2.66 bits per heavy atom. The zero-order valence-electron chi connectivity index (χ0n) is 18.6. The summed E-state index contributed by atoms with van der Waals surface area (Å²) in [4.78, 5) is 22.4. The lowest BCUT2D eigenvalue weighted by Gasteiger charge is -2.30. The highest BCUT2D eigenvalue weighted by atomic mass is 16.5. The molecule has 1 aromatic heterocycles. The van der Waals surface area contributed by atoms with Crippen molar-refractivity contribution in [3.63, 3.8) is 0 Å². The van der Waals surface area contributed by atoms with Crippen LogP contribution in [-0.2, 0) is 16.1 Å². The first-order valence-corrected chi connectivity index (χ1v) is 10.9. The van der Waals surface area contributed by atoms with Gasteiger partial charge in [0.2, 0.25) is 5.91 Å². The van der Waals surface area contributed by atoms with Gasteiger partial charge < -0.3 is 14.5 Å². The molecule has 2 aromatic rings. The lowest BCUT2D eigenvalue weighted by molar-refractivity contribution is -0.138. The molecule has 5 nitrogen and oxygen atoms in total. The molecule has 3 rings (SSSR count). The van der Waals surface area contributed by atoms with E-state index in [4.69, 9.17) is 9.72 Å². The van der Waals surface area contributed by atoms with Gasteiger partial charge in [-0.2, -0.15) is 0 Å². The molecule has 5 heteroatoms. The molecule has 1 aromatic carbocycles. The summed E-state index contributed by atoms with van der Waals surface area (Å²) in [6, 6.07) is 8.46. The summed E-state index contributed by atoms with van der Waals surface area (Å²) in [5, 5.41) is 1.12. The minimum atomic E-state index is 0.0647. The molecule has 1 amide bonds. The molecular weight excluding hydrogens is 362 g/mol. The van der Waals surface area contributed by atoms with Crippen LogP contribution in [0.25, 0.3) is 10.9 Å². The number of carbonyl (C=O) groups is 1. The van der Waals surface area contributed by atoms with Crippen molar-refractivity contribution < 1.29 is 9.53 Å². The first-order chi connectivity index (χ1) is 13.9. The second-order valence-electron chi connectivity index (χ2n) is 8.38. The topological polar surface area (TPSA) is 45.7 Å². The fourth-order valence-electron chi connectivity index (χ4n) is 4.25. The summed E-state index contributed by atoms with van der Waals surface area (Å²) in [6.45, 7) is 8.32. The molecule has 0 N–H and O–H groups in total. The lowest BCUT2D eigenvalue weighted by atomic mass is 10.0. The molecule has 0 bridgehead atoms. The molecule has 0 aliphatic carbocycles. The number of nitrogens with zero attached hydrogens (tertiary/aromatic N) is 3. The van der Waals surface area contributed by atoms with Gasteiger partial charge in [0.1, 0.15) is 5.82 Å². The number of hydrogen-bond acceptors (Lipinski definition) is 4. The van der Waals surface area contributed by atoms with Gasteiger partial charge in [-0.3, -0.25) is 4.79 Å². The largest absolute Gasteiger partial charge is 0.376 e. The minimum absolute atomic E-state index is 0.0647. The van der Waals surface area contributed by atoms with Crippen LogP contribution in [0.2, 0.25) is 0 Å². The Balaban J connectivity index is 1.97. The molecular formula is C24H35N3O2. The Morgan fingerprint density at radius 2 is 2.03 bits per heavy atom. The van der Waals surface area contributed by atoms with Gasteiger partial charge in [-0.05, 0) is 44.2 Å². The number of carbonyl (C=O) groups excluding carboxylic acids is 1. The Labute approximate surface area is 175 Å². The summed E-state index contributed by atoms with van der Waals surface area (Å²) in [6.07, 6.45) is 3.99. The van der Waals surface area contributed by atoms with Crippen LogP contribution >= 0.6 is 0 Å². The number of amides is 1. The van der Waals surface area contributed by atoms with E-state index in [1.54, 1.807) is 0 Å². The van der Waals surface area contributed by atoms with Crippen molar-refractivity contribution >= 4 is 22.6 Å². The van der Waals surface area contributed by atoms with Gasteiger partial charge in [-0.15, -0.1) is 0 Å². The normalized spacial score (nSPS) is 16.6. The van der Waals surface area contributed by atoms with Crippen molar-refractivity contribution in [1.82, 2.24) is 9.88 Å². The maximum atomic E-state index is 13.3. The Morgan fingerprint density at radius 1 is 1.28 bits per heavy atom.